The van der Waals surface area contributed by atoms with Crippen LogP contribution in [-0.4, -0.2) is 68.1 Å². The van der Waals surface area contributed by atoms with E-state index in [4.69, 9.17) is 9.47 Å². The Labute approximate surface area is 123 Å². The Hall–Kier alpha value is -1.25. The van der Waals surface area contributed by atoms with Crippen LogP contribution in [0.3, 0.4) is 0 Å². The molecular formula is C12H22N4O3S. The lowest BCUT2D eigenvalue weighted by Gasteiger charge is -2.20. The van der Waals surface area contributed by atoms with Gasteiger partial charge in [-0.2, -0.15) is 0 Å². The summed E-state index contributed by atoms with van der Waals surface area (Å²) in [6.07, 6.45) is 0.997. The molecule has 0 bridgehead atoms. The van der Waals surface area contributed by atoms with Crippen molar-refractivity contribution in [1.82, 2.24) is 15.1 Å². The Morgan fingerprint density at radius 1 is 1.25 bits per heavy atom. The highest BCUT2D eigenvalue weighted by Gasteiger charge is 2.19. The van der Waals surface area contributed by atoms with Crippen LogP contribution in [0.2, 0.25) is 0 Å². The molecule has 1 aromatic rings. The van der Waals surface area contributed by atoms with Crippen molar-refractivity contribution >= 4 is 22.4 Å². The molecule has 0 radical (unpaired) electrons. The highest BCUT2D eigenvalue weighted by atomic mass is 32.1. The van der Waals surface area contributed by atoms with E-state index in [2.05, 4.69) is 22.4 Å². The number of hydrogen-bond donors (Lipinski definition) is 1. The van der Waals surface area contributed by atoms with Crippen molar-refractivity contribution in [2.45, 2.75) is 13.3 Å². The van der Waals surface area contributed by atoms with Crippen molar-refractivity contribution < 1.29 is 14.3 Å². The minimum Gasteiger partial charge on any atom is -0.383 e. The molecule has 0 aliphatic heterocycles. The van der Waals surface area contributed by atoms with Gasteiger partial charge in [0.1, 0.15) is 0 Å². The molecule has 8 heteroatoms. The number of nitrogens with zero attached hydrogens (tertiary/aromatic N) is 3. The van der Waals surface area contributed by atoms with E-state index in [0.29, 0.717) is 36.4 Å². The first-order valence-electron chi connectivity index (χ1n) is 6.57. The first-order valence-corrected chi connectivity index (χ1v) is 7.39. The number of amides is 1. The Kier molecular flexibility index (Phi) is 8.08. The smallest absolute Gasteiger partial charge is 0.285 e. The van der Waals surface area contributed by atoms with E-state index in [9.17, 15) is 4.79 Å². The van der Waals surface area contributed by atoms with Gasteiger partial charge in [-0.25, -0.2) is 0 Å². The van der Waals surface area contributed by atoms with Crippen molar-refractivity contribution in [3.63, 3.8) is 0 Å². The number of nitrogens with one attached hydrogen (secondary N) is 1. The highest BCUT2D eigenvalue weighted by molar-refractivity contribution is 7.17. The molecule has 0 unspecified atom stereocenters. The van der Waals surface area contributed by atoms with Gasteiger partial charge in [0.15, 0.2) is 0 Å². The van der Waals surface area contributed by atoms with E-state index in [1.165, 1.54) is 11.3 Å². The van der Waals surface area contributed by atoms with Gasteiger partial charge in [0, 0.05) is 33.9 Å². The second kappa shape index (κ2) is 9.62. The van der Waals surface area contributed by atoms with Crippen LogP contribution in [0.15, 0.2) is 0 Å². The molecule has 0 saturated heterocycles. The minimum atomic E-state index is -0.138. The van der Waals surface area contributed by atoms with Gasteiger partial charge in [-0.1, -0.05) is 18.3 Å². The lowest BCUT2D eigenvalue weighted by Crippen LogP contribution is -2.36. The molecule has 0 atom stereocenters. The number of carbonyl (C=O) groups is 1. The number of hydrogen-bond acceptors (Lipinski definition) is 7. The molecule has 0 saturated carbocycles. The van der Waals surface area contributed by atoms with E-state index in [0.717, 1.165) is 13.0 Å². The van der Waals surface area contributed by atoms with E-state index in [1.54, 1.807) is 19.1 Å². The number of aromatic nitrogens is 2. The molecule has 114 valence electrons. The molecule has 20 heavy (non-hydrogen) atoms. The minimum absolute atomic E-state index is 0.138. The third-order valence-electron chi connectivity index (χ3n) is 2.55. The quantitative estimate of drug-likeness (QED) is 0.697. The summed E-state index contributed by atoms with van der Waals surface area (Å²) in [5.41, 5.74) is 0. The third-order valence-corrected chi connectivity index (χ3v) is 3.42. The maximum absolute atomic E-state index is 12.3. The maximum Gasteiger partial charge on any atom is 0.285 e. The molecule has 1 amide bonds. The lowest BCUT2D eigenvalue weighted by atomic mass is 10.4. The molecule has 0 spiro atoms. The normalized spacial score (nSPS) is 10.6. The SMILES string of the molecule is CCCNc1nnc(C(=O)N(CCOC)CCOC)s1. The van der Waals surface area contributed by atoms with Crippen molar-refractivity contribution in [1.29, 1.82) is 0 Å². The monoisotopic (exact) mass is 302 g/mol. The summed E-state index contributed by atoms with van der Waals surface area (Å²) in [6, 6.07) is 0. The summed E-state index contributed by atoms with van der Waals surface area (Å²) < 4.78 is 10.0. The van der Waals surface area contributed by atoms with Gasteiger partial charge >= 0.3 is 0 Å². The highest BCUT2D eigenvalue weighted by Crippen LogP contribution is 2.16. The molecule has 1 heterocycles. The fourth-order valence-electron chi connectivity index (χ4n) is 1.47. The first-order chi connectivity index (χ1) is 9.72. The molecular weight excluding hydrogens is 280 g/mol. The molecule has 0 aromatic carbocycles. The van der Waals surface area contributed by atoms with Gasteiger partial charge in [0.2, 0.25) is 10.1 Å². The van der Waals surface area contributed by atoms with Crippen LogP contribution in [0.1, 0.15) is 23.1 Å². The Balaban J connectivity index is 2.64. The van der Waals surface area contributed by atoms with Gasteiger partial charge in [0.05, 0.1) is 13.2 Å². The Morgan fingerprint density at radius 2 is 1.90 bits per heavy atom. The van der Waals surface area contributed by atoms with E-state index in [-0.39, 0.29) is 5.91 Å². The lowest BCUT2D eigenvalue weighted by molar-refractivity contribution is 0.0626. The summed E-state index contributed by atoms with van der Waals surface area (Å²) >= 11 is 1.27. The topological polar surface area (TPSA) is 76.6 Å². The summed E-state index contributed by atoms with van der Waals surface area (Å²) in [5, 5.41) is 12.1. The van der Waals surface area contributed by atoms with Crippen molar-refractivity contribution in [3.05, 3.63) is 5.01 Å². The largest absolute Gasteiger partial charge is 0.383 e. The molecule has 7 nitrogen and oxygen atoms in total. The van der Waals surface area contributed by atoms with E-state index in [1.807, 2.05) is 0 Å². The second-order valence-corrected chi connectivity index (χ2v) is 5.09. The summed E-state index contributed by atoms with van der Waals surface area (Å²) in [4.78, 5) is 14.0. The predicted octanol–water partition coefficient (Wildman–Crippen LogP) is 1.09. The fourth-order valence-corrected chi connectivity index (χ4v) is 2.20. The average molecular weight is 302 g/mol. The third kappa shape index (κ3) is 5.40. The molecule has 1 N–H and O–H groups in total. The zero-order valence-electron chi connectivity index (χ0n) is 12.2. The van der Waals surface area contributed by atoms with Crippen LogP contribution in [0.5, 0.6) is 0 Å². The van der Waals surface area contributed by atoms with Crippen LogP contribution in [0.4, 0.5) is 5.13 Å². The van der Waals surface area contributed by atoms with Gasteiger partial charge in [0.25, 0.3) is 5.91 Å². The molecule has 0 fully saturated rings. The van der Waals surface area contributed by atoms with Crippen LogP contribution in [-0.2, 0) is 9.47 Å². The molecule has 0 aliphatic carbocycles. The number of methoxy groups -OCH3 is 2. The summed E-state index contributed by atoms with van der Waals surface area (Å²) in [5.74, 6) is -0.138. The van der Waals surface area contributed by atoms with Crippen LogP contribution < -0.4 is 5.32 Å². The van der Waals surface area contributed by atoms with Crippen LogP contribution in [0.25, 0.3) is 0 Å². The van der Waals surface area contributed by atoms with Gasteiger partial charge in [-0.05, 0) is 6.42 Å². The van der Waals surface area contributed by atoms with Gasteiger partial charge in [-0.15, -0.1) is 10.2 Å². The van der Waals surface area contributed by atoms with Crippen LogP contribution >= 0.6 is 11.3 Å². The van der Waals surface area contributed by atoms with Crippen LogP contribution in [0, 0.1) is 0 Å². The molecule has 1 aromatic heterocycles. The van der Waals surface area contributed by atoms with Gasteiger partial charge < -0.3 is 19.7 Å². The zero-order chi connectivity index (χ0) is 14.8. The standard InChI is InChI=1S/C12H22N4O3S/c1-4-5-13-12-15-14-10(20-12)11(17)16(6-8-18-2)7-9-19-3/h4-9H2,1-3H3,(H,13,15). The number of carbonyl (C=O) groups excluding carboxylic acids is 1. The summed E-state index contributed by atoms with van der Waals surface area (Å²) in [7, 11) is 3.22. The van der Waals surface area contributed by atoms with E-state index >= 15 is 0 Å². The second-order valence-electron chi connectivity index (χ2n) is 4.12. The number of ether oxygens (including phenoxy) is 2. The average Bonchev–Trinajstić information content (AvgIpc) is 2.93. The fraction of sp³-hybridized carbons (Fsp3) is 0.750. The number of anilines is 1. The van der Waals surface area contributed by atoms with E-state index < -0.39 is 0 Å². The maximum atomic E-state index is 12.3. The van der Waals surface area contributed by atoms with Crippen molar-refractivity contribution in [2.75, 3.05) is 52.4 Å². The molecule has 1 rings (SSSR count). The molecule has 0 aliphatic rings. The Morgan fingerprint density at radius 3 is 2.45 bits per heavy atom. The van der Waals surface area contributed by atoms with Gasteiger partial charge in [-0.3, -0.25) is 4.79 Å². The van der Waals surface area contributed by atoms with Crippen molar-refractivity contribution in [2.24, 2.45) is 0 Å². The Bertz CT molecular complexity index is 392. The predicted molar refractivity (Wildman–Crippen MR) is 78.3 cm³/mol. The number of rotatable bonds is 10. The zero-order valence-corrected chi connectivity index (χ0v) is 13.0. The summed E-state index contributed by atoms with van der Waals surface area (Å²) in [6.45, 7) is 4.87. The first kappa shape index (κ1) is 16.8. The van der Waals surface area contributed by atoms with Crippen molar-refractivity contribution in [3.8, 4) is 0 Å².